The number of carbonyl (C=O) groups excluding carboxylic acids is 1. The molecule has 2 N–H and O–H groups in total. The van der Waals surface area contributed by atoms with Crippen LogP contribution >= 0.6 is 11.8 Å². The molecule has 0 spiro atoms. The van der Waals surface area contributed by atoms with Crippen LogP contribution in [0.5, 0.6) is 5.75 Å². The Morgan fingerprint density at radius 2 is 1.79 bits per heavy atom. The first kappa shape index (κ1) is 21.5. The van der Waals surface area contributed by atoms with E-state index in [1.54, 1.807) is 36.5 Å². The Morgan fingerprint density at radius 3 is 2.52 bits per heavy atom. The van der Waals surface area contributed by atoms with E-state index < -0.39 is 0 Å². The summed E-state index contributed by atoms with van der Waals surface area (Å²) in [5, 5.41) is 13.1. The first-order chi connectivity index (χ1) is 16.0. The zero-order chi connectivity index (χ0) is 22.8. The lowest BCUT2D eigenvalue weighted by Gasteiger charge is -2.34. The summed E-state index contributed by atoms with van der Waals surface area (Å²) in [4.78, 5) is 27.0. The summed E-state index contributed by atoms with van der Waals surface area (Å²) in [6, 6.07) is 15.4. The second kappa shape index (κ2) is 9.25. The molecule has 0 bridgehead atoms. The molecule has 1 aromatic heterocycles. The molecule has 1 fully saturated rings. The van der Waals surface area contributed by atoms with E-state index in [4.69, 9.17) is 4.98 Å². The maximum atomic E-state index is 12.5. The van der Waals surface area contributed by atoms with E-state index in [9.17, 15) is 9.90 Å². The Bertz CT molecular complexity index is 1190. The number of amides is 1. The molecule has 1 saturated heterocycles. The third kappa shape index (κ3) is 5.02. The van der Waals surface area contributed by atoms with Crippen molar-refractivity contribution in [3.63, 3.8) is 0 Å². The van der Waals surface area contributed by atoms with Gasteiger partial charge in [0.15, 0.2) is 0 Å². The molecule has 0 atom stereocenters. The van der Waals surface area contributed by atoms with Gasteiger partial charge in [-0.2, -0.15) is 0 Å². The Hall–Kier alpha value is -3.36. The van der Waals surface area contributed by atoms with Gasteiger partial charge in [-0.3, -0.25) is 4.79 Å². The number of nitrogens with one attached hydrogen (secondary N) is 1. The summed E-state index contributed by atoms with van der Waals surface area (Å²) in [6.45, 7) is 4.27. The van der Waals surface area contributed by atoms with E-state index in [0.717, 1.165) is 42.3 Å². The Kier molecular flexibility index (Phi) is 6.02. The minimum Gasteiger partial charge on any atom is -0.508 e. The van der Waals surface area contributed by atoms with E-state index >= 15 is 0 Å². The third-order valence-corrected chi connectivity index (χ3v) is 6.87. The van der Waals surface area contributed by atoms with Crippen molar-refractivity contribution in [2.75, 3.05) is 43.4 Å². The van der Waals surface area contributed by atoms with Gasteiger partial charge in [0, 0.05) is 38.3 Å². The first-order valence-electron chi connectivity index (χ1n) is 10.9. The van der Waals surface area contributed by atoms with Crippen LogP contribution in [0, 0.1) is 0 Å². The van der Waals surface area contributed by atoms with Crippen molar-refractivity contribution in [2.45, 2.75) is 11.4 Å². The maximum Gasteiger partial charge on any atom is 0.262 e. The molecule has 0 aliphatic carbocycles. The fourth-order valence-corrected chi connectivity index (χ4v) is 4.78. The number of aromatic nitrogens is 2. The number of fused-ring (bicyclic) bond motifs is 1. The van der Waals surface area contributed by atoms with Gasteiger partial charge in [0.2, 0.25) is 0 Å². The smallest absolute Gasteiger partial charge is 0.262 e. The van der Waals surface area contributed by atoms with Crippen molar-refractivity contribution in [1.29, 1.82) is 0 Å². The van der Waals surface area contributed by atoms with Crippen LogP contribution in [0.1, 0.15) is 17.0 Å². The van der Waals surface area contributed by atoms with E-state index in [2.05, 4.69) is 51.4 Å². The molecule has 3 aromatic rings. The largest absolute Gasteiger partial charge is 0.508 e. The highest BCUT2D eigenvalue weighted by Gasteiger charge is 2.23. The second-order valence-corrected chi connectivity index (χ2v) is 9.33. The number of benzene rings is 2. The highest BCUT2D eigenvalue weighted by Crippen LogP contribution is 2.37. The summed E-state index contributed by atoms with van der Waals surface area (Å²) in [7, 11) is 2.16. The van der Waals surface area contributed by atoms with Gasteiger partial charge in [0.05, 0.1) is 16.8 Å². The van der Waals surface area contributed by atoms with Gasteiger partial charge < -0.3 is 20.2 Å². The number of likely N-dealkylation sites (N-methyl/N-ethyl adjacent to an activating group) is 1. The molecule has 2 aliphatic rings. The molecular weight excluding hydrogens is 434 g/mol. The topological polar surface area (TPSA) is 81.6 Å². The maximum absolute atomic E-state index is 12.5. The number of aromatic hydroxyl groups is 1. The van der Waals surface area contributed by atoms with E-state index in [1.165, 1.54) is 17.4 Å². The van der Waals surface area contributed by atoms with Crippen LogP contribution < -0.4 is 10.2 Å². The third-order valence-electron chi connectivity index (χ3n) is 5.84. The molecule has 168 valence electrons. The molecule has 0 radical (unpaired) electrons. The number of thioether (sulfide) groups is 1. The normalized spacial score (nSPS) is 17.7. The van der Waals surface area contributed by atoms with Gasteiger partial charge in [-0.05, 0) is 48.5 Å². The number of phenolic OH excluding ortho intramolecular Hbond substituents is 1. The van der Waals surface area contributed by atoms with Gasteiger partial charge in [-0.1, -0.05) is 36.0 Å². The zero-order valence-electron chi connectivity index (χ0n) is 18.4. The number of phenols is 1. The van der Waals surface area contributed by atoms with Crippen LogP contribution in [0.15, 0.2) is 64.7 Å². The van der Waals surface area contributed by atoms with Crippen LogP contribution in [0.4, 0.5) is 11.4 Å². The van der Waals surface area contributed by atoms with Gasteiger partial charge in [0.1, 0.15) is 16.6 Å². The van der Waals surface area contributed by atoms with Crippen molar-refractivity contribution in [2.24, 2.45) is 0 Å². The van der Waals surface area contributed by atoms with Crippen LogP contribution in [0.2, 0.25) is 0 Å². The van der Waals surface area contributed by atoms with Gasteiger partial charge in [-0.15, -0.1) is 0 Å². The molecule has 1 amide bonds. The van der Waals surface area contributed by atoms with Crippen LogP contribution in [-0.4, -0.2) is 59.1 Å². The summed E-state index contributed by atoms with van der Waals surface area (Å²) >= 11 is 1.34. The Balaban J connectivity index is 1.30. The molecule has 0 unspecified atom stereocenters. The molecule has 2 aromatic carbocycles. The van der Waals surface area contributed by atoms with Crippen molar-refractivity contribution >= 4 is 35.1 Å². The van der Waals surface area contributed by atoms with Crippen molar-refractivity contribution < 1.29 is 9.90 Å². The number of hydrogen-bond donors (Lipinski definition) is 2. The zero-order valence-corrected chi connectivity index (χ0v) is 19.2. The summed E-state index contributed by atoms with van der Waals surface area (Å²) in [6.07, 6.45) is 4.10. The molecular formula is C25H25N5O2S. The lowest BCUT2D eigenvalue weighted by Crippen LogP contribution is -2.44. The van der Waals surface area contributed by atoms with Crippen molar-refractivity contribution in [1.82, 2.24) is 14.9 Å². The fourth-order valence-electron chi connectivity index (χ4n) is 3.87. The van der Waals surface area contributed by atoms with Crippen molar-refractivity contribution in [3.8, 4) is 5.75 Å². The monoisotopic (exact) mass is 459 g/mol. The van der Waals surface area contributed by atoms with Gasteiger partial charge in [-0.25, -0.2) is 9.97 Å². The number of hydrogen-bond acceptors (Lipinski definition) is 7. The molecule has 8 heteroatoms. The average molecular weight is 460 g/mol. The Labute approximate surface area is 197 Å². The minimum absolute atomic E-state index is 0.184. The molecule has 7 nitrogen and oxygen atoms in total. The fraction of sp³-hybridized carbons (Fsp3) is 0.240. The predicted molar refractivity (Wildman–Crippen MR) is 132 cm³/mol. The second-order valence-electron chi connectivity index (χ2n) is 8.29. The molecule has 2 aliphatic heterocycles. The molecule has 3 heterocycles. The summed E-state index contributed by atoms with van der Waals surface area (Å²) in [5.74, 6) is 0.724. The van der Waals surface area contributed by atoms with E-state index in [0.29, 0.717) is 22.8 Å². The number of piperazine rings is 1. The van der Waals surface area contributed by atoms with Crippen LogP contribution in [0.3, 0.4) is 0 Å². The minimum atomic E-state index is -0.184. The first-order valence-corrected chi connectivity index (χ1v) is 11.7. The van der Waals surface area contributed by atoms with Crippen LogP contribution in [-0.2, 0) is 11.2 Å². The van der Waals surface area contributed by atoms with Crippen LogP contribution in [0.25, 0.3) is 6.08 Å². The quantitative estimate of drug-likeness (QED) is 0.456. The highest BCUT2D eigenvalue weighted by molar-refractivity contribution is 8.04. The summed E-state index contributed by atoms with van der Waals surface area (Å²) in [5.41, 5.74) is 3.86. The molecule has 5 rings (SSSR count). The molecule has 33 heavy (non-hydrogen) atoms. The summed E-state index contributed by atoms with van der Waals surface area (Å²) < 4.78 is 0. The standard InChI is InChI=1S/C25H25N5O2S/c1-29-10-12-30(13-11-29)19-6-2-18(3-7-19)15-23-26-16-21-25(28-23)33-22(24(32)27-21)14-17-4-8-20(31)9-5-17/h2-9,14,16,31H,10-13,15H2,1H3,(H,27,32)/b22-14+. The van der Waals surface area contributed by atoms with Gasteiger partial charge >= 0.3 is 0 Å². The number of carbonyl (C=O) groups is 1. The number of anilines is 2. The SMILES string of the molecule is CN1CCN(c2ccc(Cc3ncc4c(n3)S/C(=C/c3ccc(O)cc3)C(=O)N4)cc2)CC1. The highest BCUT2D eigenvalue weighted by atomic mass is 32.2. The lowest BCUT2D eigenvalue weighted by atomic mass is 10.1. The van der Waals surface area contributed by atoms with E-state index in [-0.39, 0.29) is 11.7 Å². The average Bonchev–Trinajstić information content (AvgIpc) is 2.82. The molecule has 0 saturated carbocycles. The van der Waals surface area contributed by atoms with Crippen molar-refractivity contribution in [3.05, 3.63) is 76.6 Å². The van der Waals surface area contributed by atoms with Gasteiger partial charge in [0.25, 0.3) is 5.91 Å². The Morgan fingerprint density at radius 1 is 1.06 bits per heavy atom. The predicted octanol–water partition coefficient (Wildman–Crippen LogP) is 3.61. The number of rotatable bonds is 4. The lowest BCUT2D eigenvalue weighted by molar-refractivity contribution is -0.112. The van der Waals surface area contributed by atoms with E-state index in [1.807, 2.05) is 0 Å². The number of nitrogens with zero attached hydrogens (tertiary/aromatic N) is 4.